The summed E-state index contributed by atoms with van der Waals surface area (Å²) in [4.78, 5) is 23.3. The molecule has 2 rings (SSSR count). The van der Waals surface area contributed by atoms with Gasteiger partial charge >= 0.3 is 12.0 Å². The van der Waals surface area contributed by atoms with Crippen molar-refractivity contribution in [2.45, 2.75) is 11.1 Å². The molecule has 2 aromatic rings. The molecule has 12 heteroatoms. The third kappa shape index (κ3) is 3.90. The van der Waals surface area contributed by atoms with Crippen molar-refractivity contribution in [3.63, 3.8) is 0 Å². The standard InChI is InChI=1S/C10H10BrN5O4S2/c1-5-12-8(15-10(13-5)20-2)14-9(17)16-22(18,19)7-6(11)3-4-21-7/h3-4H,1-2H3,(H2,12,13,14,15,16,17). The second-order valence-electron chi connectivity index (χ2n) is 3.81. The van der Waals surface area contributed by atoms with Gasteiger partial charge in [0, 0.05) is 4.47 Å². The highest BCUT2D eigenvalue weighted by Gasteiger charge is 2.22. The molecule has 0 spiro atoms. The van der Waals surface area contributed by atoms with E-state index in [4.69, 9.17) is 4.74 Å². The van der Waals surface area contributed by atoms with Gasteiger partial charge in [0.2, 0.25) is 5.95 Å². The lowest BCUT2D eigenvalue weighted by molar-refractivity contribution is 0.256. The molecule has 0 aromatic carbocycles. The molecule has 9 nitrogen and oxygen atoms in total. The van der Waals surface area contributed by atoms with Crippen molar-refractivity contribution >= 4 is 49.3 Å². The van der Waals surface area contributed by atoms with E-state index in [9.17, 15) is 13.2 Å². The second kappa shape index (κ2) is 6.54. The number of nitrogens with zero attached hydrogens (tertiary/aromatic N) is 3. The van der Waals surface area contributed by atoms with E-state index in [2.05, 4.69) is 36.2 Å². The van der Waals surface area contributed by atoms with E-state index in [-0.39, 0.29) is 16.2 Å². The van der Waals surface area contributed by atoms with Gasteiger partial charge in [-0.05, 0) is 34.3 Å². The number of ether oxygens (including phenoxy) is 1. The summed E-state index contributed by atoms with van der Waals surface area (Å²) in [6, 6.07) is 0.580. The van der Waals surface area contributed by atoms with Crippen LogP contribution >= 0.6 is 27.3 Å². The van der Waals surface area contributed by atoms with Crippen molar-refractivity contribution < 1.29 is 17.9 Å². The van der Waals surface area contributed by atoms with Gasteiger partial charge in [-0.15, -0.1) is 11.3 Å². The smallest absolute Gasteiger partial charge is 0.335 e. The fraction of sp³-hybridized carbons (Fsp3) is 0.200. The number of thiophene rings is 1. The molecule has 0 aliphatic heterocycles. The molecular weight excluding hydrogens is 398 g/mol. The largest absolute Gasteiger partial charge is 0.467 e. The Morgan fingerprint density at radius 1 is 1.36 bits per heavy atom. The highest BCUT2D eigenvalue weighted by Crippen LogP contribution is 2.27. The predicted octanol–water partition coefficient (Wildman–Crippen LogP) is 1.52. The number of anilines is 1. The Labute approximate surface area is 138 Å². The maximum atomic E-state index is 12.0. The number of carbonyl (C=O) groups is 1. The van der Waals surface area contributed by atoms with Crippen LogP contribution in [0.3, 0.4) is 0 Å². The Hall–Kier alpha value is -1.79. The number of sulfonamides is 1. The van der Waals surface area contributed by atoms with Crippen LogP contribution in [0.25, 0.3) is 0 Å². The summed E-state index contributed by atoms with van der Waals surface area (Å²) >= 11 is 4.07. The van der Waals surface area contributed by atoms with Crippen LogP contribution in [0.2, 0.25) is 0 Å². The van der Waals surface area contributed by atoms with Gasteiger partial charge in [0.1, 0.15) is 5.82 Å². The molecule has 2 amide bonds. The molecule has 0 fully saturated rings. The summed E-state index contributed by atoms with van der Waals surface area (Å²) in [5, 5.41) is 3.79. The van der Waals surface area contributed by atoms with E-state index in [0.717, 1.165) is 11.3 Å². The minimum atomic E-state index is -3.99. The number of methoxy groups -OCH3 is 1. The van der Waals surface area contributed by atoms with Crippen molar-refractivity contribution in [3.8, 4) is 6.01 Å². The number of aromatic nitrogens is 3. The number of rotatable bonds is 4. The zero-order valence-corrected chi connectivity index (χ0v) is 14.5. The first-order chi connectivity index (χ1) is 10.3. The van der Waals surface area contributed by atoms with Crippen LogP contribution < -0.4 is 14.8 Å². The number of halogens is 1. The van der Waals surface area contributed by atoms with Crippen LogP contribution in [-0.2, 0) is 10.0 Å². The topological polar surface area (TPSA) is 123 Å². The molecule has 22 heavy (non-hydrogen) atoms. The third-order valence-corrected chi connectivity index (χ3v) is 6.19. The first kappa shape index (κ1) is 16.6. The minimum Gasteiger partial charge on any atom is -0.467 e. The minimum absolute atomic E-state index is 0.00617. The molecule has 0 aliphatic carbocycles. The SMILES string of the molecule is COc1nc(C)nc(NC(=O)NS(=O)(=O)c2sccc2Br)n1. The van der Waals surface area contributed by atoms with E-state index in [1.54, 1.807) is 18.4 Å². The first-order valence-corrected chi connectivity index (χ1v) is 8.81. The van der Waals surface area contributed by atoms with Crippen molar-refractivity contribution in [1.29, 1.82) is 0 Å². The molecular formula is C10H10BrN5O4S2. The number of carbonyl (C=O) groups excluding carboxylic acids is 1. The van der Waals surface area contributed by atoms with E-state index >= 15 is 0 Å². The summed E-state index contributed by atoms with van der Waals surface area (Å²) in [6.45, 7) is 1.58. The quantitative estimate of drug-likeness (QED) is 0.786. The lowest BCUT2D eigenvalue weighted by atomic mass is 10.7. The molecule has 2 N–H and O–H groups in total. The first-order valence-electron chi connectivity index (χ1n) is 5.65. The number of hydrogen-bond acceptors (Lipinski definition) is 8. The molecule has 0 unspecified atom stereocenters. The molecule has 0 bridgehead atoms. The van der Waals surface area contributed by atoms with Crippen molar-refractivity contribution in [2.75, 3.05) is 12.4 Å². The Morgan fingerprint density at radius 2 is 2.09 bits per heavy atom. The summed E-state index contributed by atoms with van der Waals surface area (Å²) < 4.78 is 31.1. The average Bonchev–Trinajstić information content (AvgIpc) is 2.84. The van der Waals surface area contributed by atoms with Crippen LogP contribution in [0.1, 0.15) is 5.82 Å². The Kier molecular flexibility index (Phi) is 4.93. The molecule has 0 saturated carbocycles. The molecule has 0 atom stereocenters. The summed E-state index contributed by atoms with van der Waals surface area (Å²) in [6.07, 6.45) is 0. The van der Waals surface area contributed by atoms with E-state index in [1.165, 1.54) is 7.11 Å². The molecule has 118 valence electrons. The fourth-order valence-corrected chi connectivity index (χ4v) is 4.62. The van der Waals surface area contributed by atoms with Gasteiger partial charge in [-0.3, -0.25) is 5.32 Å². The highest BCUT2D eigenvalue weighted by atomic mass is 79.9. The second-order valence-corrected chi connectivity index (χ2v) is 7.46. The van der Waals surface area contributed by atoms with Crippen LogP contribution in [0, 0.1) is 6.92 Å². The monoisotopic (exact) mass is 407 g/mol. The predicted molar refractivity (Wildman–Crippen MR) is 82.5 cm³/mol. The number of amides is 2. The molecule has 2 aromatic heterocycles. The lowest BCUT2D eigenvalue weighted by Gasteiger charge is -2.07. The van der Waals surface area contributed by atoms with Gasteiger partial charge in [-0.1, -0.05) is 0 Å². The summed E-state index contributed by atoms with van der Waals surface area (Å²) in [7, 11) is -2.63. The summed E-state index contributed by atoms with van der Waals surface area (Å²) in [5.74, 6) is 0.188. The average molecular weight is 408 g/mol. The zero-order valence-electron chi connectivity index (χ0n) is 11.3. The van der Waals surface area contributed by atoms with Crippen molar-refractivity contribution in [2.24, 2.45) is 0 Å². The van der Waals surface area contributed by atoms with Crippen LogP contribution in [0.15, 0.2) is 20.1 Å². The maximum Gasteiger partial charge on any atom is 0.335 e. The van der Waals surface area contributed by atoms with E-state index < -0.39 is 16.1 Å². The number of urea groups is 1. The van der Waals surface area contributed by atoms with Crippen molar-refractivity contribution in [3.05, 3.63) is 21.7 Å². The molecule has 0 radical (unpaired) electrons. The zero-order chi connectivity index (χ0) is 16.3. The fourth-order valence-electron chi connectivity index (χ4n) is 1.37. The lowest BCUT2D eigenvalue weighted by Crippen LogP contribution is -2.34. The summed E-state index contributed by atoms with van der Waals surface area (Å²) in [5.41, 5.74) is 0. The van der Waals surface area contributed by atoms with Gasteiger partial charge in [0.15, 0.2) is 4.21 Å². The molecule has 2 heterocycles. The van der Waals surface area contributed by atoms with Gasteiger partial charge in [0.05, 0.1) is 7.11 Å². The molecule has 0 saturated heterocycles. The van der Waals surface area contributed by atoms with E-state index in [1.807, 2.05) is 4.72 Å². The van der Waals surface area contributed by atoms with Gasteiger partial charge in [-0.25, -0.2) is 17.9 Å². The van der Waals surface area contributed by atoms with Gasteiger partial charge in [-0.2, -0.15) is 15.0 Å². The highest BCUT2D eigenvalue weighted by molar-refractivity contribution is 9.10. The van der Waals surface area contributed by atoms with E-state index in [0.29, 0.717) is 10.3 Å². The Bertz CT molecular complexity index is 807. The molecule has 0 aliphatic rings. The number of nitrogens with one attached hydrogen (secondary N) is 2. The number of aryl methyl sites for hydroxylation is 1. The number of hydrogen-bond donors (Lipinski definition) is 2. The van der Waals surface area contributed by atoms with Gasteiger partial charge in [0.25, 0.3) is 10.0 Å². The third-order valence-electron chi connectivity index (χ3n) is 2.19. The van der Waals surface area contributed by atoms with Crippen LogP contribution in [0.5, 0.6) is 6.01 Å². The normalized spacial score (nSPS) is 11.0. The maximum absolute atomic E-state index is 12.0. The van der Waals surface area contributed by atoms with Crippen molar-refractivity contribution in [1.82, 2.24) is 19.7 Å². The van der Waals surface area contributed by atoms with Crippen LogP contribution in [-0.4, -0.2) is 36.5 Å². The Morgan fingerprint density at radius 3 is 2.68 bits per heavy atom. The van der Waals surface area contributed by atoms with Crippen LogP contribution in [0.4, 0.5) is 10.7 Å². The van der Waals surface area contributed by atoms with Gasteiger partial charge < -0.3 is 4.74 Å². The Balaban J connectivity index is 2.14.